The van der Waals surface area contributed by atoms with Crippen LogP contribution in [0.3, 0.4) is 0 Å². The normalized spacial score (nSPS) is 11.9. The first-order valence-corrected chi connectivity index (χ1v) is 8.63. The van der Waals surface area contributed by atoms with Gasteiger partial charge in [0.25, 0.3) is 0 Å². The van der Waals surface area contributed by atoms with Crippen LogP contribution in [0.15, 0.2) is 4.90 Å². The van der Waals surface area contributed by atoms with Crippen molar-refractivity contribution in [3.05, 3.63) is 11.4 Å². The number of aryl methyl sites for hydroxylation is 1. The van der Waals surface area contributed by atoms with E-state index >= 15 is 0 Å². The summed E-state index contributed by atoms with van der Waals surface area (Å²) in [6, 6.07) is 0. The van der Waals surface area contributed by atoms with Crippen molar-refractivity contribution in [2.45, 2.75) is 25.3 Å². The van der Waals surface area contributed by atoms with Crippen molar-refractivity contribution >= 4 is 21.8 Å². The Morgan fingerprint density at radius 1 is 1.44 bits per heavy atom. The Labute approximate surface area is 112 Å². The summed E-state index contributed by atoms with van der Waals surface area (Å²) < 4.78 is 26.9. The SMILES string of the molecule is CCNCc1n[nH]c(C)c1S(=O)(=O)NCCSC. The summed E-state index contributed by atoms with van der Waals surface area (Å²) in [5.74, 6) is 0.749. The fraction of sp³-hybridized carbons (Fsp3) is 0.700. The second kappa shape index (κ2) is 7.13. The Hall–Kier alpha value is -0.570. The molecule has 0 aliphatic heterocycles. The predicted octanol–water partition coefficient (Wildman–Crippen LogP) is 0.469. The molecule has 3 N–H and O–H groups in total. The summed E-state index contributed by atoms with van der Waals surface area (Å²) in [7, 11) is -3.48. The third kappa shape index (κ3) is 3.98. The van der Waals surface area contributed by atoms with E-state index in [1.807, 2.05) is 13.2 Å². The molecule has 104 valence electrons. The monoisotopic (exact) mass is 292 g/mol. The molecule has 6 nitrogen and oxygen atoms in total. The largest absolute Gasteiger partial charge is 0.311 e. The number of aromatic nitrogens is 2. The Morgan fingerprint density at radius 3 is 2.78 bits per heavy atom. The topological polar surface area (TPSA) is 86.9 Å². The summed E-state index contributed by atoms with van der Waals surface area (Å²) in [4.78, 5) is 0.268. The minimum absolute atomic E-state index is 0.268. The van der Waals surface area contributed by atoms with Crippen LogP contribution in [-0.2, 0) is 16.6 Å². The molecule has 0 atom stereocenters. The second-order valence-electron chi connectivity index (χ2n) is 3.80. The smallest absolute Gasteiger partial charge is 0.244 e. The highest BCUT2D eigenvalue weighted by molar-refractivity contribution is 7.98. The molecule has 0 fully saturated rings. The number of aromatic amines is 1. The zero-order valence-corrected chi connectivity index (χ0v) is 12.5. The van der Waals surface area contributed by atoms with E-state index in [-0.39, 0.29) is 4.90 Å². The van der Waals surface area contributed by atoms with Gasteiger partial charge in [-0.15, -0.1) is 0 Å². The highest BCUT2D eigenvalue weighted by atomic mass is 32.2. The van der Waals surface area contributed by atoms with E-state index in [1.165, 1.54) is 0 Å². The molecular formula is C10H20N4O2S2. The third-order valence-electron chi connectivity index (χ3n) is 2.37. The molecule has 1 rings (SSSR count). The molecule has 1 aromatic heterocycles. The number of rotatable bonds is 8. The summed E-state index contributed by atoms with van der Waals surface area (Å²) in [5.41, 5.74) is 1.10. The van der Waals surface area contributed by atoms with E-state index in [0.29, 0.717) is 24.5 Å². The molecular weight excluding hydrogens is 272 g/mol. The van der Waals surface area contributed by atoms with Gasteiger partial charge in [0.15, 0.2) is 0 Å². The Morgan fingerprint density at radius 2 is 2.17 bits per heavy atom. The number of nitrogens with zero attached hydrogens (tertiary/aromatic N) is 1. The Kier molecular flexibility index (Phi) is 6.13. The van der Waals surface area contributed by atoms with E-state index in [1.54, 1.807) is 18.7 Å². The van der Waals surface area contributed by atoms with Gasteiger partial charge in [-0.05, 0) is 19.7 Å². The second-order valence-corrected chi connectivity index (χ2v) is 6.48. The first-order valence-electron chi connectivity index (χ1n) is 5.76. The van der Waals surface area contributed by atoms with Gasteiger partial charge in [-0.25, -0.2) is 13.1 Å². The number of sulfonamides is 1. The molecule has 0 saturated heterocycles. The minimum atomic E-state index is -3.48. The van der Waals surface area contributed by atoms with Crippen LogP contribution >= 0.6 is 11.8 Å². The molecule has 8 heteroatoms. The lowest BCUT2D eigenvalue weighted by molar-refractivity contribution is 0.581. The number of thioether (sulfide) groups is 1. The van der Waals surface area contributed by atoms with Gasteiger partial charge in [-0.1, -0.05) is 6.92 Å². The fourth-order valence-electron chi connectivity index (χ4n) is 1.54. The van der Waals surface area contributed by atoms with E-state index in [4.69, 9.17) is 0 Å². The number of H-pyrrole nitrogens is 1. The van der Waals surface area contributed by atoms with Crippen LogP contribution in [0.25, 0.3) is 0 Å². The molecule has 0 aliphatic rings. The summed E-state index contributed by atoms with van der Waals surface area (Å²) in [6.45, 7) is 5.32. The molecule has 18 heavy (non-hydrogen) atoms. The molecule has 0 aliphatic carbocycles. The first kappa shape index (κ1) is 15.5. The first-order chi connectivity index (χ1) is 8.53. The lowest BCUT2D eigenvalue weighted by Gasteiger charge is -2.07. The Balaban J connectivity index is 2.89. The van der Waals surface area contributed by atoms with E-state index < -0.39 is 10.0 Å². The minimum Gasteiger partial charge on any atom is -0.311 e. The van der Waals surface area contributed by atoms with Crippen molar-refractivity contribution in [1.29, 1.82) is 0 Å². The third-order valence-corrected chi connectivity index (χ3v) is 4.65. The fourth-order valence-corrected chi connectivity index (χ4v) is 3.37. The summed E-state index contributed by atoms with van der Waals surface area (Å²) in [6.07, 6.45) is 1.94. The average molecular weight is 292 g/mol. The van der Waals surface area contributed by atoms with Crippen LogP contribution in [0.4, 0.5) is 0 Å². The van der Waals surface area contributed by atoms with Crippen molar-refractivity contribution in [3.8, 4) is 0 Å². The summed E-state index contributed by atoms with van der Waals surface area (Å²) >= 11 is 1.60. The lowest BCUT2D eigenvalue weighted by atomic mass is 10.3. The predicted molar refractivity (Wildman–Crippen MR) is 74.3 cm³/mol. The zero-order chi connectivity index (χ0) is 13.6. The van der Waals surface area contributed by atoms with Gasteiger partial charge in [-0.3, -0.25) is 5.10 Å². The van der Waals surface area contributed by atoms with Gasteiger partial charge in [0.2, 0.25) is 10.0 Å². The quantitative estimate of drug-likeness (QED) is 0.606. The van der Waals surface area contributed by atoms with Crippen LogP contribution in [0.5, 0.6) is 0 Å². The van der Waals surface area contributed by atoms with E-state index in [2.05, 4.69) is 20.2 Å². The maximum Gasteiger partial charge on any atom is 0.244 e. The molecule has 1 aromatic rings. The summed E-state index contributed by atoms with van der Waals surface area (Å²) in [5, 5.41) is 9.84. The zero-order valence-electron chi connectivity index (χ0n) is 10.9. The highest BCUT2D eigenvalue weighted by Crippen LogP contribution is 2.17. The van der Waals surface area contributed by atoms with Crippen LogP contribution in [0.1, 0.15) is 18.3 Å². The van der Waals surface area contributed by atoms with Gasteiger partial charge in [-0.2, -0.15) is 16.9 Å². The van der Waals surface area contributed by atoms with Crippen LogP contribution < -0.4 is 10.0 Å². The van der Waals surface area contributed by atoms with Gasteiger partial charge < -0.3 is 5.32 Å². The van der Waals surface area contributed by atoms with Crippen molar-refractivity contribution < 1.29 is 8.42 Å². The van der Waals surface area contributed by atoms with Crippen LogP contribution in [0.2, 0.25) is 0 Å². The Bertz CT molecular complexity index is 470. The average Bonchev–Trinajstić information content (AvgIpc) is 2.68. The molecule has 0 spiro atoms. The van der Waals surface area contributed by atoms with Gasteiger partial charge >= 0.3 is 0 Å². The van der Waals surface area contributed by atoms with Crippen LogP contribution in [-0.4, -0.2) is 43.7 Å². The van der Waals surface area contributed by atoms with E-state index in [9.17, 15) is 8.42 Å². The van der Waals surface area contributed by atoms with Gasteiger partial charge in [0, 0.05) is 18.8 Å². The maximum atomic E-state index is 12.2. The van der Waals surface area contributed by atoms with Crippen molar-refractivity contribution in [3.63, 3.8) is 0 Å². The number of nitrogens with one attached hydrogen (secondary N) is 3. The van der Waals surface area contributed by atoms with Crippen molar-refractivity contribution in [1.82, 2.24) is 20.2 Å². The maximum absolute atomic E-state index is 12.2. The van der Waals surface area contributed by atoms with Crippen LogP contribution in [0, 0.1) is 6.92 Å². The molecule has 0 saturated carbocycles. The highest BCUT2D eigenvalue weighted by Gasteiger charge is 2.23. The van der Waals surface area contributed by atoms with Crippen molar-refractivity contribution in [2.75, 3.05) is 25.1 Å². The van der Waals surface area contributed by atoms with Gasteiger partial charge in [0.1, 0.15) is 4.90 Å². The standard InChI is InChI=1S/C10H20N4O2S2/c1-4-11-7-9-10(8(2)13-14-9)18(15,16)12-5-6-17-3/h11-12H,4-7H2,1-3H3,(H,13,14). The molecule has 1 heterocycles. The number of hydrogen-bond acceptors (Lipinski definition) is 5. The molecule has 0 amide bonds. The molecule has 0 radical (unpaired) electrons. The lowest BCUT2D eigenvalue weighted by Crippen LogP contribution is -2.28. The molecule has 0 unspecified atom stereocenters. The van der Waals surface area contributed by atoms with E-state index in [0.717, 1.165) is 12.3 Å². The van der Waals surface area contributed by atoms with Gasteiger partial charge in [0.05, 0.1) is 11.4 Å². The number of hydrogen-bond donors (Lipinski definition) is 3. The van der Waals surface area contributed by atoms with Crippen molar-refractivity contribution in [2.24, 2.45) is 0 Å². The molecule has 0 bridgehead atoms. The molecule has 0 aromatic carbocycles.